The largest absolute Gasteiger partial charge is 0.465 e. The molecule has 2 amide bonds. The van der Waals surface area contributed by atoms with Gasteiger partial charge in [-0.25, -0.2) is 4.79 Å². The van der Waals surface area contributed by atoms with Gasteiger partial charge in [-0.05, 0) is 48.9 Å². The second-order valence-electron chi connectivity index (χ2n) is 5.71. The maximum Gasteiger partial charge on any atom is 0.337 e. The average molecular weight is 354 g/mol. The lowest BCUT2D eigenvalue weighted by molar-refractivity contribution is 0.0600. The summed E-state index contributed by atoms with van der Waals surface area (Å²) in [6.45, 7) is 2.68. The van der Waals surface area contributed by atoms with Crippen molar-refractivity contribution in [2.75, 3.05) is 19.0 Å². The van der Waals surface area contributed by atoms with Gasteiger partial charge in [0.1, 0.15) is 0 Å². The Morgan fingerprint density at radius 1 is 0.923 bits per heavy atom. The Balaban J connectivity index is 2.03. The summed E-state index contributed by atoms with van der Waals surface area (Å²) in [5.74, 6) is -0.958. The third kappa shape index (κ3) is 5.17. The minimum absolute atomic E-state index is 0.169. The van der Waals surface area contributed by atoms with Crippen LogP contribution in [0.4, 0.5) is 5.69 Å². The van der Waals surface area contributed by atoms with Crippen molar-refractivity contribution in [3.05, 3.63) is 65.2 Å². The summed E-state index contributed by atoms with van der Waals surface area (Å²) in [6.07, 6.45) is 1.93. The van der Waals surface area contributed by atoms with Crippen LogP contribution in [-0.4, -0.2) is 31.4 Å². The van der Waals surface area contributed by atoms with Gasteiger partial charge >= 0.3 is 5.97 Å². The summed E-state index contributed by atoms with van der Waals surface area (Å²) >= 11 is 0. The molecule has 2 aromatic carbocycles. The van der Waals surface area contributed by atoms with Crippen molar-refractivity contribution in [1.29, 1.82) is 0 Å². The Kier molecular flexibility index (Phi) is 6.91. The lowest BCUT2D eigenvalue weighted by Crippen LogP contribution is -2.24. The summed E-state index contributed by atoms with van der Waals surface area (Å²) < 4.78 is 4.63. The molecular weight excluding hydrogens is 332 g/mol. The van der Waals surface area contributed by atoms with Crippen LogP contribution in [0.3, 0.4) is 0 Å². The Hall–Kier alpha value is -3.15. The van der Waals surface area contributed by atoms with Gasteiger partial charge in [0, 0.05) is 23.4 Å². The van der Waals surface area contributed by atoms with Crippen LogP contribution in [0.2, 0.25) is 0 Å². The first-order chi connectivity index (χ1) is 12.5. The first-order valence-corrected chi connectivity index (χ1v) is 8.43. The molecule has 2 aromatic rings. The van der Waals surface area contributed by atoms with Crippen LogP contribution in [-0.2, 0) is 4.74 Å². The summed E-state index contributed by atoms with van der Waals surface area (Å²) in [6, 6.07) is 12.9. The number of unbranched alkanes of at least 4 members (excludes halogenated alkanes) is 1. The van der Waals surface area contributed by atoms with Gasteiger partial charge in [-0.15, -0.1) is 0 Å². The number of hydrogen-bond acceptors (Lipinski definition) is 4. The zero-order chi connectivity index (χ0) is 18.9. The number of carbonyl (C=O) groups excluding carboxylic acids is 3. The van der Waals surface area contributed by atoms with Crippen LogP contribution in [0.5, 0.6) is 0 Å². The number of esters is 1. The summed E-state index contributed by atoms with van der Waals surface area (Å²) in [4.78, 5) is 35.8. The number of ether oxygens (including phenoxy) is 1. The number of methoxy groups -OCH3 is 1. The standard InChI is InChI=1S/C20H22N2O4/c1-3-4-12-21-18(23)16-6-5-7-17(13-16)22-19(24)14-8-10-15(11-9-14)20(25)26-2/h5-11,13H,3-4,12H2,1-2H3,(H,21,23)(H,22,24). The number of hydrogen-bond donors (Lipinski definition) is 2. The van der Waals surface area contributed by atoms with E-state index in [0.29, 0.717) is 28.9 Å². The van der Waals surface area contributed by atoms with Crippen LogP contribution < -0.4 is 10.6 Å². The van der Waals surface area contributed by atoms with Crippen LogP contribution in [0.15, 0.2) is 48.5 Å². The molecule has 0 bridgehead atoms. The monoisotopic (exact) mass is 354 g/mol. The van der Waals surface area contributed by atoms with Gasteiger partial charge in [0.2, 0.25) is 0 Å². The van der Waals surface area contributed by atoms with Crippen molar-refractivity contribution >= 4 is 23.5 Å². The third-order valence-corrected chi connectivity index (χ3v) is 3.77. The normalized spacial score (nSPS) is 10.1. The van der Waals surface area contributed by atoms with Gasteiger partial charge in [-0.2, -0.15) is 0 Å². The van der Waals surface area contributed by atoms with E-state index in [9.17, 15) is 14.4 Å². The van der Waals surface area contributed by atoms with E-state index in [0.717, 1.165) is 12.8 Å². The zero-order valence-corrected chi connectivity index (χ0v) is 14.9. The van der Waals surface area contributed by atoms with Gasteiger partial charge in [-0.3, -0.25) is 9.59 Å². The molecule has 6 nitrogen and oxygen atoms in total. The molecule has 0 atom stereocenters. The maximum absolute atomic E-state index is 12.3. The molecule has 0 heterocycles. The third-order valence-electron chi connectivity index (χ3n) is 3.77. The fourth-order valence-corrected chi connectivity index (χ4v) is 2.30. The lowest BCUT2D eigenvalue weighted by atomic mass is 10.1. The van der Waals surface area contributed by atoms with Gasteiger partial charge in [0.25, 0.3) is 11.8 Å². The number of amides is 2. The summed E-state index contributed by atoms with van der Waals surface area (Å²) in [5, 5.41) is 5.59. The topological polar surface area (TPSA) is 84.5 Å². The summed E-state index contributed by atoms with van der Waals surface area (Å²) in [5.41, 5.74) is 1.78. The lowest BCUT2D eigenvalue weighted by Gasteiger charge is -2.08. The Morgan fingerprint density at radius 2 is 1.62 bits per heavy atom. The highest BCUT2D eigenvalue weighted by Gasteiger charge is 2.11. The first-order valence-electron chi connectivity index (χ1n) is 8.43. The number of carbonyl (C=O) groups is 3. The second-order valence-corrected chi connectivity index (χ2v) is 5.71. The van der Waals surface area contributed by atoms with Crippen molar-refractivity contribution in [3.8, 4) is 0 Å². The van der Waals surface area contributed by atoms with Crippen LogP contribution in [0.25, 0.3) is 0 Å². The molecule has 0 radical (unpaired) electrons. The Labute approximate surface area is 152 Å². The molecule has 2 N–H and O–H groups in total. The first kappa shape index (κ1) is 19.2. The van der Waals surface area contributed by atoms with Crippen LogP contribution >= 0.6 is 0 Å². The van der Waals surface area contributed by atoms with Crippen LogP contribution in [0, 0.1) is 0 Å². The van der Waals surface area contributed by atoms with E-state index >= 15 is 0 Å². The molecule has 0 aliphatic carbocycles. The predicted molar refractivity (Wildman–Crippen MR) is 99.4 cm³/mol. The molecule has 0 aliphatic rings. The van der Waals surface area contributed by atoms with Gasteiger partial charge < -0.3 is 15.4 Å². The molecular formula is C20H22N2O4. The van der Waals surface area contributed by atoms with Gasteiger partial charge in [-0.1, -0.05) is 19.4 Å². The van der Waals surface area contributed by atoms with Crippen molar-refractivity contribution in [1.82, 2.24) is 5.32 Å². The molecule has 0 aliphatic heterocycles. The molecule has 0 spiro atoms. The van der Waals surface area contributed by atoms with Crippen LogP contribution in [0.1, 0.15) is 50.8 Å². The zero-order valence-electron chi connectivity index (χ0n) is 14.9. The molecule has 0 saturated carbocycles. The highest BCUT2D eigenvalue weighted by Crippen LogP contribution is 2.13. The molecule has 6 heteroatoms. The molecule has 2 rings (SSSR count). The van der Waals surface area contributed by atoms with E-state index < -0.39 is 5.97 Å². The second kappa shape index (κ2) is 9.36. The van der Waals surface area contributed by atoms with E-state index in [1.165, 1.54) is 19.2 Å². The molecule has 136 valence electrons. The average Bonchev–Trinajstić information content (AvgIpc) is 2.67. The van der Waals surface area contributed by atoms with E-state index in [4.69, 9.17) is 0 Å². The van der Waals surface area contributed by atoms with Crippen molar-refractivity contribution in [2.24, 2.45) is 0 Å². The Bertz CT molecular complexity index is 785. The molecule has 0 saturated heterocycles. The fourth-order valence-electron chi connectivity index (χ4n) is 2.30. The number of benzene rings is 2. The quantitative estimate of drug-likeness (QED) is 0.590. The van der Waals surface area contributed by atoms with E-state index in [1.807, 2.05) is 0 Å². The number of rotatable bonds is 7. The van der Waals surface area contributed by atoms with E-state index in [2.05, 4.69) is 22.3 Å². The SMILES string of the molecule is CCCCNC(=O)c1cccc(NC(=O)c2ccc(C(=O)OC)cc2)c1. The predicted octanol–water partition coefficient (Wildman–Crippen LogP) is 3.26. The van der Waals surface area contributed by atoms with Gasteiger partial charge in [0.15, 0.2) is 0 Å². The van der Waals surface area contributed by atoms with Crippen molar-refractivity contribution in [3.63, 3.8) is 0 Å². The van der Waals surface area contributed by atoms with Crippen molar-refractivity contribution < 1.29 is 19.1 Å². The minimum Gasteiger partial charge on any atom is -0.465 e. The molecule has 26 heavy (non-hydrogen) atoms. The van der Waals surface area contributed by atoms with Gasteiger partial charge in [0.05, 0.1) is 12.7 Å². The molecule has 0 aromatic heterocycles. The summed E-state index contributed by atoms with van der Waals surface area (Å²) in [7, 11) is 1.30. The van der Waals surface area contributed by atoms with E-state index in [-0.39, 0.29) is 11.8 Å². The molecule has 0 unspecified atom stereocenters. The maximum atomic E-state index is 12.3. The minimum atomic E-state index is -0.459. The smallest absolute Gasteiger partial charge is 0.337 e. The van der Waals surface area contributed by atoms with Crippen molar-refractivity contribution in [2.45, 2.75) is 19.8 Å². The highest BCUT2D eigenvalue weighted by molar-refractivity contribution is 6.05. The molecule has 0 fully saturated rings. The highest BCUT2D eigenvalue weighted by atomic mass is 16.5. The van der Waals surface area contributed by atoms with E-state index in [1.54, 1.807) is 36.4 Å². The number of nitrogens with one attached hydrogen (secondary N) is 2. The Morgan fingerprint density at radius 3 is 2.27 bits per heavy atom. The number of anilines is 1. The fraction of sp³-hybridized carbons (Fsp3) is 0.250.